The summed E-state index contributed by atoms with van der Waals surface area (Å²) in [7, 11) is 1.69. The van der Waals surface area contributed by atoms with E-state index < -0.39 is 6.03 Å². The molecule has 1 fully saturated rings. The number of amides is 3. The predicted octanol–water partition coefficient (Wildman–Crippen LogP) is 0.0373. The summed E-state index contributed by atoms with van der Waals surface area (Å²) in [6, 6.07) is -0.497. The third-order valence-electron chi connectivity index (χ3n) is 1.76. The average Bonchev–Trinajstić information content (AvgIpc) is 2.45. The smallest absolute Gasteiger partial charge is 0.336 e. The molecule has 1 heterocycles. The molecule has 0 spiro atoms. The fourth-order valence-corrected chi connectivity index (χ4v) is 1.04. The molecule has 15 heavy (non-hydrogen) atoms. The Balaban J connectivity index is 2.52. The lowest BCUT2D eigenvalue weighted by Crippen LogP contribution is -2.29. The highest BCUT2D eigenvalue weighted by molar-refractivity contribution is 6.07. The largest absolute Gasteiger partial charge is 0.348 e. The fraction of sp³-hybridized carbons (Fsp3) is 0.444. The monoisotopic (exact) mass is 210 g/mol. The molecule has 1 saturated heterocycles. The van der Waals surface area contributed by atoms with Crippen molar-refractivity contribution in [3.05, 3.63) is 12.3 Å². The van der Waals surface area contributed by atoms with E-state index in [2.05, 4.69) is 15.6 Å². The van der Waals surface area contributed by atoms with Crippen molar-refractivity contribution in [2.24, 2.45) is 4.99 Å². The van der Waals surface area contributed by atoms with Gasteiger partial charge < -0.3 is 10.2 Å². The Bertz CT molecular complexity index is 322. The van der Waals surface area contributed by atoms with Gasteiger partial charge in [0.25, 0.3) is 0 Å². The van der Waals surface area contributed by atoms with E-state index in [1.165, 1.54) is 6.20 Å². The first kappa shape index (κ1) is 11.2. The van der Waals surface area contributed by atoms with Crippen LogP contribution < -0.4 is 10.6 Å². The summed E-state index contributed by atoms with van der Waals surface area (Å²) in [6.07, 6.45) is 4.17. The molecule has 0 unspecified atom stereocenters. The Hall–Kier alpha value is -1.85. The molecule has 0 aromatic heterocycles. The number of nitrogens with zero attached hydrogens (tertiary/aromatic N) is 2. The van der Waals surface area contributed by atoms with Gasteiger partial charge in [-0.3, -0.25) is 10.1 Å². The highest BCUT2D eigenvalue weighted by atomic mass is 16.2. The Kier molecular flexibility index (Phi) is 3.84. The molecule has 1 rings (SSSR count). The summed E-state index contributed by atoms with van der Waals surface area (Å²) < 4.78 is 0. The number of nitrogens with one attached hydrogen (secondary N) is 2. The molecular weight excluding hydrogens is 196 g/mol. The molecule has 2 N–H and O–H groups in total. The normalized spacial score (nSPS) is 18.7. The molecule has 0 saturated carbocycles. The zero-order valence-electron chi connectivity index (χ0n) is 8.78. The summed E-state index contributed by atoms with van der Waals surface area (Å²) in [6.45, 7) is 2.19. The van der Waals surface area contributed by atoms with Gasteiger partial charge >= 0.3 is 6.03 Å². The topological polar surface area (TPSA) is 73.8 Å². The van der Waals surface area contributed by atoms with Crippen LogP contribution in [0.3, 0.4) is 0 Å². The lowest BCUT2D eigenvalue weighted by atomic mass is 10.5. The molecule has 3 amide bonds. The minimum Gasteiger partial charge on any atom is -0.336 e. The van der Waals surface area contributed by atoms with Crippen LogP contribution in [-0.2, 0) is 4.79 Å². The third-order valence-corrected chi connectivity index (χ3v) is 1.76. The number of aliphatic imine (C=N–C) groups is 1. The van der Waals surface area contributed by atoms with Crippen LogP contribution >= 0.6 is 0 Å². The number of hydrogen-bond donors (Lipinski definition) is 2. The molecule has 82 valence electrons. The van der Waals surface area contributed by atoms with E-state index in [9.17, 15) is 9.59 Å². The molecule has 1 aliphatic rings. The van der Waals surface area contributed by atoms with Gasteiger partial charge in [-0.25, -0.2) is 4.79 Å². The van der Waals surface area contributed by atoms with E-state index in [1.54, 1.807) is 18.0 Å². The van der Waals surface area contributed by atoms with Crippen molar-refractivity contribution in [2.45, 2.75) is 13.3 Å². The molecule has 0 bridgehead atoms. The van der Waals surface area contributed by atoms with Crippen molar-refractivity contribution < 1.29 is 9.59 Å². The molecule has 0 atom stereocenters. The van der Waals surface area contributed by atoms with Crippen LogP contribution in [0.2, 0.25) is 0 Å². The summed E-state index contributed by atoms with van der Waals surface area (Å²) in [5.41, 5.74) is 0. The van der Waals surface area contributed by atoms with E-state index in [1.807, 2.05) is 6.92 Å². The van der Waals surface area contributed by atoms with E-state index in [-0.39, 0.29) is 18.4 Å². The quantitative estimate of drug-likeness (QED) is 0.675. The second-order valence-electron chi connectivity index (χ2n) is 3.10. The molecule has 6 heteroatoms. The SMILES string of the molecule is CCC=CNC(=O)N=C1NC(=O)CN1C. The number of carbonyl (C=O) groups is 2. The lowest BCUT2D eigenvalue weighted by molar-refractivity contribution is -0.118. The van der Waals surface area contributed by atoms with Crippen LogP contribution in [0.5, 0.6) is 0 Å². The number of allylic oxidation sites excluding steroid dienone is 1. The Morgan fingerprint density at radius 2 is 2.47 bits per heavy atom. The van der Waals surface area contributed by atoms with Crippen LogP contribution in [0.4, 0.5) is 4.79 Å². The zero-order valence-corrected chi connectivity index (χ0v) is 8.78. The maximum absolute atomic E-state index is 11.2. The van der Waals surface area contributed by atoms with Gasteiger partial charge in [0.15, 0.2) is 0 Å². The van der Waals surface area contributed by atoms with Crippen LogP contribution in [0, 0.1) is 0 Å². The van der Waals surface area contributed by atoms with Crippen molar-refractivity contribution in [1.29, 1.82) is 0 Å². The predicted molar refractivity (Wildman–Crippen MR) is 56.2 cm³/mol. The van der Waals surface area contributed by atoms with Crippen LogP contribution in [0.15, 0.2) is 17.3 Å². The van der Waals surface area contributed by atoms with Gasteiger partial charge in [-0.15, -0.1) is 0 Å². The summed E-state index contributed by atoms with van der Waals surface area (Å²) in [5.74, 6) is 0.121. The van der Waals surface area contributed by atoms with Crippen LogP contribution in [-0.4, -0.2) is 36.4 Å². The van der Waals surface area contributed by atoms with Crippen molar-refractivity contribution >= 4 is 17.9 Å². The molecule has 1 aliphatic heterocycles. The molecule has 0 aliphatic carbocycles. The summed E-state index contributed by atoms with van der Waals surface area (Å²) in [5, 5.41) is 4.94. The van der Waals surface area contributed by atoms with Crippen molar-refractivity contribution in [3.63, 3.8) is 0 Å². The van der Waals surface area contributed by atoms with Crippen LogP contribution in [0.25, 0.3) is 0 Å². The Morgan fingerprint density at radius 3 is 3.00 bits per heavy atom. The number of rotatable bonds is 2. The van der Waals surface area contributed by atoms with Gasteiger partial charge in [-0.2, -0.15) is 4.99 Å². The van der Waals surface area contributed by atoms with Gasteiger partial charge in [-0.05, 0) is 6.42 Å². The molecule has 0 aromatic rings. The second kappa shape index (κ2) is 5.14. The first-order chi connectivity index (χ1) is 7.13. The first-order valence-electron chi connectivity index (χ1n) is 4.68. The molecule has 6 nitrogen and oxygen atoms in total. The van der Waals surface area contributed by atoms with Crippen molar-refractivity contribution in [3.8, 4) is 0 Å². The van der Waals surface area contributed by atoms with E-state index in [0.717, 1.165) is 6.42 Å². The second-order valence-corrected chi connectivity index (χ2v) is 3.10. The lowest BCUT2D eigenvalue weighted by Gasteiger charge is -2.07. The Labute approximate surface area is 88.0 Å². The average molecular weight is 210 g/mol. The number of carbonyl (C=O) groups excluding carboxylic acids is 2. The number of likely N-dealkylation sites (N-methyl/N-ethyl adjacent to an activating group) is 1. The minimum absolute atomic E-state index is 0.159. The molecular formula is C9H14N4O2. The number of urea groups is 1. The molecule has 0 aromatic carbocycles. The molecule has 0 radical (unpaired) electrons. The van der Waals surface area contributed by atoms with Crippen molar-refractivity contribution in [2.75, 3.05) is 13.6 Å². The van der Waals surface area contributed by atoms with E-state index in [0.29, 0.717) is 0 Å². The highest BCUT2D eigenvalue weighted by Gasteiger charge is 2.21. The minimum atomic E-state index is -0.497. The van der Waals surface area contributed by atoms with Crippen molar-refractivity contribution in [1.82, 2.24) is 15.5 Å². The summed E-state index contributed by atoms with van der Waals surface area (Å²) in [4.78, 5) is 27.4. The first-order valence-corrected chi connectivity index (χ1v) is 4.68. The third kappa shape index (κ3) is 3.41. The summed E-state index contributed by atoms with van der Waals surface area (Å²) >= 11 is 0. The number of guanidine groups is 1. The fourth-order valence-electron chi connectivity index (χ4n) is 1.04. The van der Waals surface area contributed by atoms with Crippen LogP contribution in [0.1, 0.15) is 13.3 Å². The maximum Gasteiger partial charge on any atom is 0.348 e. The highest BCUT2D eigenvalue weighted by Crippen LogP contribution is 1.94. The maximum atomic E-state index is 11.2. The van der Waals surface area contributed by atoms with Gasteiger partial charge in [0.2, 0.25) is 11.9 Å². The number of hydrogen-bond acceptors (Lipinski definition) is 2. The van der Waals surface area contributed by atoms with Gasteiger partial charge in [0.1, 0.15) is 0 Å². The van der Waals surface area contributed by atoms with E-state index >= 15 is 0 Å². The van der Waals surface area contributed by atoms with E-state index in [4.69, 9.17) is 0 Å². The van der Waals surface area contributed by atoms with Gasteiger partial charge in [0, 0.05) is 13.2 Å². The van der Waals surface area contributed by atoms with Gasteiger partial charge in [0.05, 0.1) is 6.54 Å². The zero-order chi connectivity index (χ0) is 11.3. The standard InChI is InChI=1S/C9H14N4O2/c1-3-4-5-10-9(15)12-8-11-7(14)6-13(8)2/h4-5H,3,6H2,1-2H3,(H2,10,11,12,14,15). The van der Waals surface area contributed by atoms with Gasteiger partial charge in [-0.1, -0.05) is 13.0 Å². The Morgan fingerprint density at radius 1 is 1.73 bits per heavy atom.